The standard InChI is InChI=1S/C52H88N2O38/c1-11-23(62)28(67)33(72)47(78-11)89-41-21(53-14(4)60)45(77)81-18(8-57)38(41)86-46-22(54-15(5)61)42(90-48-34(73)29(68)24(63)12(2)79-48)39(19(9-58)84-46)87-51-37(76)43(91-50-36(75)31(70)26(65)16(6-55)82-50)40(20(10-59)85-51)88-52-44(32(71)27(66)17(7-56)83-52)92-49-35(74)30(69)25(64)13(3)80-49/h11-13,16-52,55-59,62-77H,6-10H2,1-5H3,(H,53,60)(H,54,61)/t11-,12-,13-,16+,17+,18+,19+,20+,21+,22+,23+,24+,25+,26+,27-,28+,29+,30+,31-,32-,33-,34-,35-,36-,37-,38+,39+,40+,41+,42+,43+,44+,45+,46-,47-,48-,49-,50+,51-,52-/m0/s1. The molecule has 92 heavy (non-hydrogen) atoms. The Kier molecular flexibility index (Phi) is 26.2. The van der Waals surface area contributed by atoms with Crippen LogP contribution in [0.4, 0.5) is 0 Å². The first-order chi connectivity index (χ1) is 43.4. The van der Waals surface area contributed by atoms with Crippen molar-refractivity contribution in [2.75, 3.05) is 33.0 Å². The maximum absolute atomic E-state index is 13.5. The van der Waals surface area contributed by atoms with Gasteiger partial charge in [-0.25, -0.2) is 0 Å². The van der Waals surface area contributed by atoms with Gasteiger partial charge in [-0.05, 0) is 20.8 Å². The molecule has 2 amide bonds. The number of ether oxygens (including phenoxy) is 15. The first kappa shape index (κ1) is 75.3. The van der Waals surface area contributed by atoms with Crippen molar-refractivity contribution in [3.8, 4) is 0 Å². The highest BCUT2D eigenvalue weighted by Gasteiger charge is 2.61. The van der Waals surface area contributed by atoms with E-state index in [1.165, 1.54) is 20.8 Å². The molecule has 8 heterocycles. The smallest absolute Gasteiger partial charge is 0.217 e. The first-order valence-electron chi connectivity index (χ1n) is 29.7. The summed E-state index contributed by atoms with van der Waals surface area (Å²) in [6.07, 6.45) is -74.9. The Hall–Kier alpha value is -2.50. The minimum atomic E-state index is -2.50. The molecular formula is C52H88N2O38. The molecule has 0 unspecified atom stereocenters. The highest BCUT2D eigenvalue weighted by Crippen LogP contribution is 2.41. The Balaban J connectivity index is 1.19. The van der Waals surface area contributed by atoms with Gasteiger partial charge in [0.2, 0.25) is 11.8 Å². The van der Waals surface area contributed by atoms with E-state index in [9.17, 15) is 117 Å². The fraction of sp³-hybridized carbons (Fsp3) is 0.962. The van der Waals surface area contributed by atoms with Crippen LogP contribution in [-0.2, 0) is 80.6 Å². The first-order valence-corrected chi connectivity index (χ1v) is 29.7. The molecule has 0 radical (unpaired) electrons. The number of nitrogens with one attached hydrogen (secondary N) is 2. The number of hydrogen-bond donors (Lipinski definition) is 23. The van der Waals surface area contributed by atoms with E-state index in [0.29, 0.717) is 0 Å². The molecule has 8 saturated heterocycles. The lowest BCUT2D eigenvalue weighted by Gasteiger charge is -2.53. The summed E-state index contributed by atoms with van der Waals surface area (Å²) >= 11 is 0. The number of amides is 2. The van der Waals surface area contributed by atoms with E-state index in [4.69, 9.17) is 71.1 Å². The largest absolute Gasteiger partial charge is 0.394 e. The molecule has 0 saturated carbocycles. The Morgan fingerprint density at radius 3 is 1.00 bits per heavy atom. The van der Waals surface area contributed by atoms with Crippen LogP contribution in [-0.4, -0.2) is 398 Å². The van der Waals surface area contributed by atoms with E-state index in [1.807, 2.05) is 0 Å². The van der Waals surface area contributed by atoms with E-state index < -0.39 is 290 Å². The maximum Gasteiger partial charge on any atom is 0.217 e. The summed E-state index contributed by atoms with van der Waals surface area (Å²) in [6.45, 7) is 0.203. The van der Waals surface area contributed by atoms with Crippen LogP contribution in [0.5, 0.6) is 0 Å². The Morgan fingerprint density at radius 2 is 0.565 bits per heavy atom. The van der Waals surface area contributed by atoms with Crippen molar-refractivity contribution in [2.45, 2.75) is 280 Å². The zero-order chi connectivity index (χ0) is 67.8. The third kappa shape index (κ3) is 15.8. The molecule has 40 atom stereocenters. The van der Waals surface area contributed by atoms with Gasteiger partial charge in [-0.3, -0.25) is 9.59 Å². The predicted molar refractivity (Wildman–Crippen MR) is 283 cm³/mol. The maximum atomic E-state index is 13.5. The highest BCUT2D eigenvalue weighted by molar-refractivity contribution is 5.73. The summed E-state index contributed by atoms with van der Waals surface area (Å²) in [5, 5.41) is 235. The lowest BCUT2D eigenvalue weighted by atomic mass is 9.93. The molecule has 0 aliphatic carbocycles. The monoisotopic (exact) mass is 1350 g/mol. The summed E-state index contributed by atoms with van der Waals surface area (Å²) in [4.78, 5) is 26.2. The van der Waals surface area contributed by atoms with Crippen molar-refractivity contribution in [3.05, 3.63) is 0 Å². The molecule has 8 aliphatic rings. The van der Waals surface area contributed by atoms with Crippen molar-refractivity contribution < 1.29 is 188 Å². The number of rotatable bonds is 21. The number of carbonyl (C=O) groups is 2. The van der Waals surface area contributed by atoms with E-state index in [-0.39, 0.29) is 0 Å². The predicted octanol–water partition coefficient (Wildman–Crippen LogP) is -15.1. The van der Waals surface area contributed by atoms with Gasteiger partial charge in [-0.15, -0.1) is 0 Å². The van der Waals surface area contributed by atoms with Crippen molar-refractivity contribution >= 4 is 11.8 Å². The highest BCUT2D eigenvalue weighted by atomic mass is 16.8. The second-order valence-electron chi connectivity index (χ2n) is 23.8. The van der Waals surface area contributed by atoms with E-state index in [2.05, 4.69) is 10.6 Å². The van der Waals surface area contributed by atoms with Crippen LogP contribution < -0.4 is 10.6 Å². The third-order valence-electron chi connectivity index (χ3n) is 17.3. The van der Waals surface area contributed by atoms with Gasteiger partial charge in [0.15, 0.2) is 50.3 Å². The second-order valence-corrected chi connectivity index (χ2v) is 23.8. The molecule has 40 heteroatoms. The molecule has 0 aromatic rings. The average Bonchev–Trinajstić information content (AvgIpc) is 0.765. The fourth-order valence-electron chi connectivity index (χ4n) is 12.1. The lowest BCUT2D eigenvalue weighted by Crippen LogP contribution is -2.72. The molecule has 8 fully saturated rings. The Bertz CT molecular complexity index is 2330. The Labute approximate surface area is 522 Å². The van der Waals surface area contributed by atoms with E-state index in [0.717, 1.165) is 13.8 Å². The van der Waals surface area contributed by atoms with Crippen LogP contribution in [0.25, 0.3) is 0 Å². The SMILES string of the molecule is CC(=O)N[C@@H]1[C@@H](O[C@@H]2O[C@@H](C)[C@@H](O)[C@@H](O)[C@@H]2O)[C@H](O[C@@H]2O[C@H](CO)[C@@H](O[C@@H]3O[C@H](CO)[C@@H](O[C@@H]4O[C@H](CO)[C@H](O)[C@H](O)[C@H]4O[C@@H]4O[C@@H](C)[C@@H](O)[C@@H](O)[C@@H]4O)[C@H](O[C@H]4O[C@H](CO)[C@@H](O)[C@H](O)[C@@H]4O)[C@@H]3O)[C@H](O[C@@H]3O[C@@H](C)[C@@H](O)[C@@H](O)[C@@H]3O)[C@H]2NC(C)=O)[C@@H](CO)O[C@H]1O. The average molecular weight is 1350 g/mol. The van der Waals surface area contributed by atoms with Gasteiger partial charge in [0.05, 0.1) is 51.3 Å². The number of aliphatic hydroxyl groups excluding tert-OH is 21. The lowest BCUT2D eigenvalue weighted by molar-refractivity contribution is -0.412. The zero-order valence-electron chi connectivity index (χ0n) is 50.0. The van der Waals surface area contributed by atoms with Gasteiger partial charge in [0, 0.05) is 13.8 Å². The molecule has 8 rings (SSSR count). The quantitative estimate of drug-likeness (QED) is 0.0507. The number of aliphatic hydroxyl groups is 21. The summed E-state index contributed by atoms with van der Waals surface area (Å²) in [7, 11) is 0. The topological polar surface area (TPSA) is 621 Å². The zero-order valence-corrected chi connectivity index (χ0v) is 50.0. The third-order valence-corrected chi connectivity index (χ3v) is 17.3. The van der Waals surface area contributed by atoms with Crippen LogP contribution in [0.3, 0.4) is 0 Å². The van der Waals surface area contributed by atoms with Gasteiger partial charge in [-0.1, -0.05) is 0 Å². The van der Waals surface area contributed by atoms with Crippen LogP contribution in [0.15, 0.2) is 0 Å². The molecule has 0 spiro atoms. The number of hydrogen-bond acceptors (Lipinski definition) is 38. The number of carbonyl (C=O) groups excluding carboxylic acids is 2. The van der Waals surface area contributed by atoms with Gasteiger partial charge >= 0.3 is 0 Å². The molecule has 0 aromatic heterocycles. The van der Waals surface area contributed by atoms with Crippen molar-refractivity contribution in [2.24, 2.45) is 0 Å². The van der Waals surface area contributed by atoms with Gasteiger partial charge in [-0.2, -0.15) is 0 Å². The summed E-state index contributed by atoms with van der Waals surface area (Å²) in [5.41, 5.74) is 0. The van der Waals surface area contributed by atoms with E-state index in [1.54, 1.807) is 0 Å². The molecule has 40 nitrogen and oxygen atoms in total. The summed E-state index contributed by atoms with van der Waals surface area (Å²) < 4.78 is 90.2. The molecule has 8 aliphatic heterocycles. The minimum Gasteiger partial charge on any atom is -0.394 e. The van der Waals surface area contributed by atoms with Crippen LogP contribution in [0.1, 0.15) is 34.6 Å². The van der Waals surface area contributed by atoms with E-state index >= 15 is 0 Å². The molecule has 0 bridgehead atoms. The van der Waals surface area contributed by atoms with Crippen molar-refractivity contribution in [1.82, 2.24) is 10.6 Å². The summed E-state index contributed by atoms with van der Waals surface area (Å²) in [5.74, 6) is -1.79. The van der Waals surface area contributed by atoms with Crippen LogP contribution in [0, 0.1) is 0 Å². The van der Waals surface area contributed by atoms with Gasteiger partial charge < -0.3 is 189 Å². The van der Waals surface area contributed by atoms with Crippen molar-refractivity contribution in [1.29, 1.82) is 0 Å². The van der Waals surface area contributed by atoms with Gasteiger partial charge in [0.25, 0.3) is 0 Å². The Morgan fingerprint density at radius 1 is 0.283 bits per heavy atom. The fourth-order valence-corrected chi connectivity index (χ4v) is 12.1. The second kappa shape index (κ2) is 32.0. The molecule has 534 valence electrons. The van der Waals surface area contributed by atoms with Crippen LogP contribution in [0.2, 0.25) is 0 Å². The summed E-state index contributed by atoms with van der Waals surface area (Å²) in [6, 6.07) is -3.71. The van der Waals surface area contributed by atoms with Crippen molar-refractivity contribution in [3.63, 3.8) is 0 Å². The minimum absolute atomic E-state index is 0.833. The molecular weight excluding hydrogens is 1260 g/mol. The van der Waals surface area contributed by atoms with Gasteiger partial charge in [0.1, 0.15) is 177 Å². The molecule has 0 aromatic carbocycles. The van der Waals surface area contributed by atoms with Crippen LogP contribution >= 0.6 is 0 Å². The molecule has 23 N–H and O–H groups in total. The normalized spacial score (nSPS) is 52.1.